The van der Waals surface area contributed by atoms with Crippen molar-refractivity contribution in [2.45, 2.75) is 51.4 Å². The molecule has 0 spiro atoms. The van der Waals surface area contributed by atoms with Crippen LogP contribution in [0.2, 0.25) is 0 Å². The van der Waals surface area contributed by atoms with Crippen LogP contribution in [-0.2, 0) is 23.8 Å². The lowest BCUT2D eigenvalue weighted by atomic mass is 9.69. The van der Waals surface area contributed by atoms with Gasteiger partial charge in [-0.2, -0.15) is 0 Å². The van der Waals surface area contributed by atoms with Crippen molar-refractivity contribution < 1.29 is 28.9 Å². The zero-order valence-corrected chi connectivity index (χ0v) is 15.3. The number of ether oxygens (including phenoxy) is 3. The number of rotatable bonds is 9. The number of carbonyl (C=O) groups excluding carboxylic acids is 1. The van der Waals surface area contributed by atoms with Crippen molar-refractivity contribution in [3.05, 3.63) is 0 Å². The smallest absolute Gasteiger partial charge is 0.309 e. The summed E-state index contributed by atoms with van der Waals surface area (Å²) in [5.41, 5.74) is 0. The van der Waals surface area contributed by atoms with Crippen LogP contribution in [0.15, 0.2) is 0 Å². The van der Waals surface area contributed by atoms with Gasteiger partial charge in [0.2, 0.25) is 0 Å². The maximum Gasteiger partial charge on any atom is 0.309 e. The number of carboxylic acid groups (broad SMARTS) is 1. The van der Waals surface area contributed by atoms with Gasteiger partial charge in [-0.3, -0.25) is 9.59 Å². The minimum atomic E-state index is -0.642. The molecule has 0 atom stereocenters. The summed E-state index contributed by atoms with van der Waals surface area (Å²) in [7, 11) is 1.62. The van der Waals surface area contributed by atoms with E-state index in [0.29, 0.717) is 38.3 Å². The lowest BCUT2D eigenvalue weighted by Crippen LogP contribution is -2.30. The zero-order chi connectivity index (χ0) is 18.1. The van der Waals surface area contributed by atoms with E-state index >= 15 is 0 Å². The number of methoxy groups -OCH3 is 1. The van der Waals surface area contributed by atoms with E-state index < -0.39 is 5.97 Å². The lowest BCUT2D eigenvalue weighted by molar-refractivity contribution is -0.152. The van der Waals surface area contributed by atoms with Crippen molar-refractivity contribution >= 4 is 11.9 Å². The number of hydrogen-bond acceptors (Lipinski definition) is 5. The maximum absolute atomic E-state index is 12.1. The van der Waals surface area contributed by atoms with Gasteiger partial charge in [0.1, 0.15) is 6.61 Å². The Morgan fingerprint density at radius 2 is 1.32 bits per heavy atom. The molecule has 0 saturated heterocycles. The molecule has 2 aliphatic carbocycles. The van der Waals surface area contributed by atoms with Crippen LogP contribution in [0.25, 0.3) is 0 Å². The van der Waals surface area contributed by atoms with E-state index in [0.717, 1.165) is 51.4 Å². The molecule has 2 rings (SSSR count). The normalized spacial score (nSPS) is 30.0. The molecule has 144 valence electrons. The first-order valence-corrected chi connectivity index (χ1v) is 9.58. The van der Waals surface area contributed by atoms with Crippen LogP contribution in [0.3, 0.4) is 0 Å². The summed E-state index contributed by atoms with van der Waals surface area (Å²) in [5.74, 6) is 0.427. The molecule has 2 saturated carbocycles. The predicted molar refractivity (Wildman–Crippen MR) is 92.2 cm³/mol. The van der Waals surface area contributed by atoms with Crippen LogP contribution in [0.5, 0.6) is 0 Å². The van der Waals surface area contributed by atoms with Crippen LogP contribution in [0.1, 0.15) is 51.4 Å². The number of esters is 1. The van der Waals surface area contributed by atoms with E-state index in [-0.39, 0.29) is 17.8 Å². The molecule has 0 aromatic rings. The van der Waals surface area contributed by atoms with E-state index in [4.69, 9.17) is 19.3 Å². The van der Waals surface area contributed by atoms with Gasteiger partial charge in [-0.05, 0) is 63.2 Å². The van der Waals surface area contributed by atoms with Crippen LogP contribution >= 0.6 is 0 Å². The molecule has 0 bridgehead atoms. The highest BCUT2D eigenvalue weighted by Crippen LogP contribution is 2.41. The van der Waals surface area contributed by atoms with Crippen molar-refractivity contribution in [2.75, 3.05) is 33.5 Å². The number of carboxylic acids is 1. The fourth-order valence-electron chi connectivity index (χ4n) is 4.23. The van der Waals surface area contributed by atoms with Crippen LogP contribution in [0.4, 0.5) is 0 Å². The van der Waals surface area contributed by atoms with Crippen molar-refractivity contribution in [1.82, 2.24) is 0 Å². The van der Waals surface area contributed by atoms with E-state index in [9.17, 15) is 9.59 Å². The van der Waals surface area contributed by atoms with E-state index in [1.165, 1.54) is 0 Å². The first-order chi connectivity index (χ1) is 12.1. The van der Waals surface area contributed by atoms with Gasteiger partial charge in [-0.15, -0.1) is 0 Å². The van der Waals surface area contributed by atoms with Crippen LogP contribution in [0, 0.1) is 23.7 Å². The molecule has 2 aliphatic rings. The summed E-state index contributed by atoms with van der Waals surface area (Å²) in [6, 6.07) is 0. The summed E-state index contributed by atoms with van der Waals surface area (Å²) < 4.78 is 15.5. The van der Waals surface area contributed by atoms with Gasteiger partial charge in [0.05, 0.1) is 31.7 Å². The standard InChI is InChI=1S/C19H32O6/c1-23-10-11-24-12-13-25-19(22)17-8-4-15(5-9-17)14-2-6-16(7-3-14)18(20)21/h14-17H,2-13H2,1H3,(H,20,21). The average Bonchev–Trinajstić information content (AvgIpc) is 2.64. The molecular weight excluding hydrogens is 324 g/mol. The SMILES string of the molecule is COCCOCCOC(=O)C1CCC(C2CCC(C(=O)O)CC2)CC1. The molecule has 25 heavy (non-hydrogen) atoms. The fraction of sp³-hybridized carbons (Fsp3) is 0.895. The highest BCUT2D eigenvalue weighted by atomic mass is 16.6. The molecule has 0 amide bonds. The van der Waals surface area contributed by atoms with E-state index in [2.05, 4.69) is 0 Å². The monoisotopic (exact) mass is 356 g/mol. The second-order valence-electron chi connectivity index (χ2n) is 7.33. The molecular formula is C19H32O6. The summed E-state index contributed by atoms with van der Waals surface area (Å²) >= 11 is 0. The van der Waals surface area contributed by atoms with E-state index in [1.54, 1.807) is 7.11 Å². The molecule has 0 heterocycles. The lowest BCUT2D eigenvalue weighted by Gasteiger charge is -2.36. The Kier molecular flexibility index (Phi) is 8.68. The minimum absolute atomic E-state index is 0.0191. The van der Waals surface area contributed by atoms with Gasteiger partial charge in [0.15, 0.2) is 0 Å². The molecule has 0 aromatic carbocycles. The van der Waals surface area contributed by atoms with Gasteiger partial charge in [0, 0.05) is 7.11 Å². The Morgan fingerprint density at radius 3 is 1.84 bits per heavy atom. The van der Waals surface area contributed by atoms with E-state index in [1.807, 2.05) is 0 Å². The first kappa shape index (κ1) is 20.2. The third-order valence-electron chi connectivity index (χ3n) is 5.80. The molecule has 0 aliphatic heterocycles. The Balaban J connectivity index is 1.59. The Labute approximate surface area is 150 Å². The van der Waals surface area contributed by atoms with Crippen LogP contribution < -0.4 is 0 Å². The largest absolute Gasteiger partial charge is 0.481 e. The summed E-state index contributed by atoms with van der Waals surface area (Å²) in [6.45, 7) is 1.79. The van der Waals surface area contributed by atoms with Gasteiger partial charge >= 0.3 is 11.9 Å². The Hall–Kier alpha value is -1.14. The third-order valence-corrected chi connectivity index (χ3v) is 5.80. The summed E-state index contributed by atoms with van der Waals surface area (Å²) in [4.78, 5) is 23.2. The third kappa shape index (κ3) is 6.59. The fourth-order valence-corrected chi connectivity index (χ4v) is 4.23. The predicted octanol–water partition coefficient (Wildman–Crippen LogP) is 2.89. The quantitative estimate of drug-likeness (QED) is 0.505. The van der Waals surface area contributed by atoms with Crippen LogP contribution in [-0.4, -0.2) is 50.6 Å². The van der Waals surface area contributed by atoms with Gasteiger partial charge in [-0.1, -0.05) is 0 Å². The van der Waals surface area contributed by atoms with Gasteiger partial charge in [-0.25, -0.2) is 0 Å². The van der Waals surface area contributed by atoms with Crippen molar-refractivity contribution in [3.8, 4) is 0 Å². The first-order valence-electron chi connectivity index (χ1n) is 9.58. The zero-order valence-electron chi connectivity index (χ0n) is 15.3. The number of aliphatic carboxylic acids is 1. The van der Waals surface area contributed by atoms with Crippen molar-refractivity contribution in [2.24, 2.45) is 23.7 Å². The molecule has 0 aromatic heterocycles. The molecule has 0 unspecified atom stereocenters. The Morgan fingerprint density at radius 1 is 0.800 bits per heavy atom. The van der Waals surface area contributed by atoms with Gasteiger partial charge in [0.25, 0.3) is 0 Å². The Bertz CT molecular complexity index is 408. The summed E-state index contributed by atoms with van der Waals surface area (Å²) in [5, 5.41) is 9.10. The second-order valence-corrected chi connectivity index (χ2v) is 7.33. The summed E-state index contributed by atoms with van der Waals surface area (Å²) in [6.07, 6.45) is 7.58. The average molecular weight is 356 g/mol. The van der Waals surface area contributed by atoms with Gasteiger partial charge < -0.3 is 19.3 Å². The maximum atomic E-state index is 12.1. The topological polar surface area (TPSA) is 82.1 Å². The molecule has 1 N–H and O–H groups in total. The van der Waals surface area contributed by atoms with Crippen molar-refractivity contribution in [1.29, 1.82) is 0 Å². The molecule has 2 fully saturated rings. The molecule has 6 heteroatoms. The minimum Gasteiger partial charge on any atom is -0.481 e. The molecule has 0 radical (unpaired) electrons. The molecule has 6 nitrogen and oxygen atoms in total. The number of hydrogen-bond donors (Lipinski definition) is 1. The highest BCUT2D eigenvalue weighted by Gasteiger charge is 2.34. The number of carbonyl (C=O) groups is 2. The highest BCUT2D eigenvalue weighted by molar-refractivity contribution is 5.72. The van der Waals surface area contributed by atoms with Crippen molar-refractivity contribution in [3.63, 3.8) is 0 Å². The second kappa shape index (κ2) is 10.8.